The topological polar surface area (TPSA) is 81.2 Å². The van der Waals surface area contributed by atoms with Gasteiger partial charge in [-0.3, -0.25) is 10.1 Å². The van der Waals surface area contributed by atoms with Crippen LogP contribution in [0.2, 0.25) is 0 Å². The summed E-state index contributed by atoms with van der Waals surface area (Å²) in [5.74, 6) is 1.76. The van der Waals surface area contributed by atoms with Gasteiger partial charge in [-0.15, -0.1) is 0 Å². The molecule has 0 aliphatic heterocycles. The lowest BCUT2D eigenvalue weighted by atomic mass is 10.3. The molecule has 88 valence electrons. The lowest BCUT2D eigenvalue weighted by molar-refractivity contribution is -0.384. The van der Waals surface area contributed by atoms with Crippen LogP contribution in [0, 0.1) is 17.0 Å². The first-order valence-corrected chi connectivity index (χ1v) is 5.05. The van der Waals surface area contributed by atoms with Gasteiger partial charge in [0.1, 0.15) is 11.5 Å². The molecule has 0 unspecified atom stereocenters. The highest BCUT2D eigenvalue weighted by Gasteiger charge is 2.13. The van der Waals surface area contributed by atoms with E-state index in [1.165, 1.54) is 18.3 Å². The Morgan fingerprint density at radius 3 is 2.94 bits per heavy atom. The fraction of sp³-hybridized carbons (Fsp3) is 0.182. The van der Waals surface area contributed by atoms with Gasteiger partial charge in [0, 0.05) is 12.3 Å². The predicted molar refractivity (Wildman–Crippen MR) is 61.7 cm³/mol. The van der Waals surface area contributed by atoms with Crippen LogP contribution in [0.3, 0.4) is 0 Å². The molecule has 0 aliphatic carbocycles. The molecule has 0 spiro atoms. The molecule has 2 rings (SSSR count). The Hall–Kier alpha value is -2.37. The number of aromatic nitrogens is 1. The van der Waals surface area contributed by atoms with Crippen LogP contribution in [0.15, 0.2) is 34.9 Å². The second-order valence-electron chi connectivity index (χ2n) is 3.49. The SMILES string of the molecule is Cc1ccc(CNc2ncccc2[N+](=O)[O-])o1. The van der Waals surface area contributed by atoms with Crippen LogP contribution in [0.5, 0.6) is 0 Å². The molecule has 0 fully saturated rings. The fourth-order valence-electron chi connectivity index (χ4n) is 1.43. The highest BCUT2D eigenvalue weighted by Crippen LogP contribution is 2.21. The number of nitrogens with one attached hydrogen (secondary N) is 1. The van der Waals surface area contributed by atoms with Gasteiger partial charge in [0.2, 0.25) is 5.82 Å². The summed E-state index contributed by atoms with van der Waals surface area (Å²) in [4.78, 5) is 14.2. The van der Waals surface area contributed by atoms with Gasteiger partial charge in [-0.1, -0.05) is 0 Å². The van der Waals surface area contributed by atoms with Crippen molar-refractivity contribution in [2.75, 3.05) is 5.32 Å². The van der Waals surface area contributed by atoms with Crippen molar-refractivity contribution >= 4 is 11.5 Å². The summed E-state index contributed by atoms with van der Waals surface area (Å²) >= 11 is 0. The number of hydrogen-bond donors (Lipinski definition) is 1. The van der Waals surface area contributed by atoms with Gasteiger partial charge >= 0.3 is 5.69 Å². The zero-order valence-electron chi connectivity index (χ0n) is 9.21. The summed E-state index contributed by atoms with van der Waals surface area (Å²) < 4.78 is 5.35. The molecule has 0 aliphatic rings. The third-order valence-electron chi connectivity index (χ3n) is 2.21. The molecule has 1 N–H and O–H groups in total. The molecule has 2 heterocycles. The average Bonchev–Trinajstić information content (AvgIpc) is 2.73. The first kappa shape index (κ1) is 11.1. The van der Waals surface area contributed by atoms with Crippen LogP contribution in [0.1, 0.15) is 11.5 Å². The number of rotatable bonds is 4. The molecule has 2 aromatic heterocycles. The van der Waals surface area contributed by atoms with Crippen LogP contribution in [-0.4, -0.2) is 9.91 Å². The zero-order chi connectivity index (χ0) is 12.3. The smallest absolute Gasteiger partial charge is 0.311 e. The van der Waals surface area contributed by atoms with Crippen molar-refractivity contribution in [1.29, 1.82) is 0 Å². The first-order valence-electron chi connectivity index (χ1n) is 5.05. The van der Waals surface area contributed by atoms with E-state index in [0.29, 0.717) is 12.3 Å². The summed E-state index contributed by atoms with van der Waals surface area (Å²) in [7, 11) is 0. The molecule has 2 aromatic rings. The van der Waals surface area contributed by atoms with Crippen molar-refractivity contribution in [3.63, 3.8) is 0 Å². The minimum Gasteiger partial charge on any atom is -0.465 e. The number of nitro groups is 1. The maximum absolute atomic E-state index is 10.7. The Kier molecular flexibility index (Phi) is 3.04. The van der Waals surface area contributed by atoms with Gasteiger partial charge < -0.3 is 9.73 Å². The monoisotopic (exact) mass is 233 g/mol. The molecule has 17 heavy (non-hydrogen) atoms. The highest BCUT2D eigenvalue weighted by atomic mass is 16.6. The van der Waals surface area contributed by atoms with Crippen molar-refractivity contribution < 1.29 is 9.34 Å². The molecule has 0 saturated carbocycles. The normalized spacial score (nSPS) is 10.2. The Morgan fingerprint density at radius 2 is 2.29 bits per heavy atom. The minimum atomic E-state index is -0.470. The lowest BCUT2D eigenvalue weighted by Gasteiger charge is -2.03. The van der Waals surface area contributed by atoms with Crippen LogP contribution >= 0.6 is 0 Å². The maximum Gasteiger partial charge on any atom is 0.311 e. The Balaban J connectivity index is 2.11. The first-order chi connectivity index (χ1) is 8.16. The number of anilines is 1. The van der Waals surface area contributed by atoms with E-state index in [1.54, 1.807) is 0 Å². The second kappa shape index (κ2) is 4.65. The molecule has 0 radical (unpaired) electrons. The summed E-state index contributed by atoms with van der Waals surface area (Å²) in [6.07, 6.45) is 1.50. The standard InChI is InChI=1S/C11H11N3O3/c1-8-4-5-9(17-8)7-13-11-10(14(15)16)3-2-6-12-11/h2-6H,7H2,1H3,(H,12,13). The third-order valence-corrected chi connectivity index (χ3v) is 2.21. The maximum atomic E-state index is 10.7. The van der Waals surface area contributed by atoms with E-state index in [2.05, 4.69) is 10.3 Å². The Bertz CT molecular complexity index is 536. The fourth-order valence-corrected chi connectivity index (χ4v) is 1.43. The molecular formula is C11H11N3O3. The highest BCUT2D eigenvalue weighted by molar-refractivity contribution is 5.55. The minimum absolute atomic E-state index is 0.0456. The van der Waals surface area contributed by atoms with Crippen LogP contribution in [0.25, 0.3) is 0 Å². The summed E-state index contributed by atoms with van der Waals surface area (Å²) in [6.45, 7) is 2.21. The lowest BCUT2D eigenvalue weighted by Crippen LogP contribution is -2.03. The number of furan rings is 1. The third kappa shape index (κ3) is 2.60. The van der Waals surface area contributed by atoms with Gasteiger partial charge in [0.15, 0.2) is 0 Å². The van der Waals surface area contributed by atoms with Gasteiger partial charge in [0.05, 0.1) is 11.5 Å². The van der Waals surface area contributed by atoms with Crippen LogP contribution in [0.4, 0.5) is 11.5 Å². The molecule has 0 atom stereocenters. The summed E-state index contributed by atoms with van der Waals surface area (Å²) in [5.41, 5.74) is -0.0456. The largest absolute Gasteiger partial charge is 0.465 e. The number of pyridine rings is 1. The van der Waals surface area contributed by atoms with Crippen molar-refractivity contribution in [1.82, 2.24) is 4.98 Å². The summed E-state index contributed by atoms with van der Waals surface area (Å²) in [6, 6.07) is 6.59. The van der Waals surface area contributed by atoms with E-state index < -0.39 is 4.92 Å². The van der Waals surface area contributed by atoms with Gasteiger partial charge in [-0.2, -0.15) is 0 Å². The average molecular weight is 233 g/mol. The Morgan fingerprint density at radius 1 is 1.47 bits per heavy atom. The number of hydrogen-bond acceptors (Lipinski definition) is 5. The van der Waals surface area contributed by atoms with E-state index >= 15 is 0 Å². The van der Waals surface area contributed by atoms with Crippen molar-refractivity contribution in [3.05, 3.63) is 52.1 Å². The molecule has 0 bridgehead atoms. The molecule has 6 nitrogen and oxygen atoms in total. The van der Waals surface area contributed by atoms with E-state index in [-0.39, 0.29) is 11.5 Å². The molecular weight excluding hydrogens is 222 g/mol. The van der Waals surface area contributed by atoms with E-state index in [9.17, 15) is 10.1 Å². The number of aryl methyl sites for hydroxylation is 1. The molecule has 6 heteroatoms. The van der Waals surface area contributed by atoms with Crippen LogP contribution < -0.4 is 5.32 Å². The number of nitrogens with zero attached hydrogens (tertiary/aromatic N) is 2. The van der Waals surface area contributed by atoms with Gasteiger partial charge in [0.25, 0.3) is 0 Å². The second-order valence-corrected chi connectivity index (χ2v) is 3.49. The van der Waals surface area contributed by atoms with E-state index in [4.69, 9.17) is 4.42 Å². The van der Waals surface area contributed by atoms with Gasteiger partial charge in [-0.25, -0.2) is 4.98 Å². The van der Waals surface area contributed by atoms with Crippen molar-refractivity contribution in [3.8, 4) is 0 Å². The summed E-state index contributed by atoms with van der Waals surface area (Å²) in [5, 5.41) is 13.6. The molecule has 0 amide bonds. The van der Waals surface area contributed by atoms with E-state index in [1.807, 2.05) is 19.1 Å². The zero-order valence-corrected chi connectivity index (χ0v) is 9.21. The predicted octanol–water partition coefficient (Wildman–Crippen LogP) is 2.50. The van der Waals surface area contributed by atoms with Crippen molar-refractivity contribution in [2.24, 2.45) is 0 Å². The van der Waals surface area contributed by atoms with E-state index in [0.717, 1.165) is 5.76 Å². The van der Waals surface area contributed by atoms with Gasteiger partial charge in [-0.05, 0) is 25.1 Å². The Labute approximate surface area is 97.4 Å². The van der Waals surface area contributed by atoms with Crippen molar-refractivity contribution in [2.45, 2.75) is 13.5 Å². The molecule has 0 aromatic carbocycles. The quantitative estimate of drug-likeness (QED) is 0.648. The van der Waals surface area contributed by atoms with Crippen LogP contribution in [-0.2, 0) is 6.54 Å². The molecule has 0 saturated heterocycles.